The van der Waals surface area contributed by atoms with Crippen molar-refractivity contribution in [1.82, 2.24) is 0 Å². The zero-order valence-electron chi connectivity index (χ0n) is 14.6. The third-order valence-corrected chi connectivity index (χ3v) is 4.79. The molecule has 1 heterocycles. The van der Waals surface area contributed by atoms with Crippen molar-refractivity contribution in [2.45, 2.75) is 52.2 Å². The molecule has 0 aromatic carbocycles. The van der Waals surface area contributed by atoms with Crippen molar-refractivity contribution in [3.63, 3.8) is 0 Å². The Labute approximate surface area is 138 Å². The average molecular weight is 314 g/mol. The predicted molar refractivity (Wildman–Crippen MR) is 93.2 cm³/mol. The molecule has 2 atom stereocenters. The molecule has 2 aliphatic rings. The third kappa shape index (κ3) is 3.40. The fraction of sp³-hybridized carbons (Fsp3) is 0.450. The minimum absolute atomic E-state index is 0.0733. The number of carboxylic acid groups (broad SMARTS) is 1. The van der Waals surface area contributed by atoms with Crippen molar-refractivity contribution in [3.05, 3.63) is 59.8 Å². The van der Waals surface area contributed by atoms with Crippen LogP contribution in [0.25, 0.3) is 0 Å². The van der Waals surface area contributed by atoms with Crippen LogP contribution in [0.2, 0.25) is 0 Å². The first-order valence-electron chi connectivity index (χ1n) is 7.95. The van der Waals surface area contributed by atoms with Crippen LogP contribution in [0.4, 0.5) is 0 Å². The normalized spacial score (nSPS) is 33.3. The summed E-state index contributed by atoms with van der Waals surface area (Å²) < 4.78 is 6.11. The summed E-state index contributed by atoms with van der Waals surface area (Å²) >= 11 is 0. The van der Waals surface area contributed by atoms with E-state index in [1.165, 1.54) is 6.08 Å². The highest BCUT2D eigenvalue weighted by atomic mass is 16.6. The lowest BCUT2D eigenvalue weighted by Gasteiger charge is -2.33. The standard InChI is InChI=1S/C20H26O3/c1-15(8-6-9-16(2)14-17(21)22)10-13-20-18(3,4)11-7-12-19(20,5)23-20/h6-10,12-14H,11H2,1-5H3,(H,21,22)/b9-6+,13-10+,15-8+,16-14+. The van der Waals surface area contributed by atoms with E-state index in [9.17, 15) is 4.79 Å². The fourth-order valence-corrected chi connectivity index (χ4v) is 3.33. The van der Waals surface area contributed by atoms with Gasteiger partial charge in [0.1, 0.15) is 11.2 Å². The summed E-state index contributed by atoms with van der Waals surface area (Å²) in [5.41, 5.74) is 1.46. The SMILES string of the molecule is CC(/C=C/C12OC1(C)C=CCC2(C)C)=C\C=C\C(C)=C\C(=O)O. The van der Waals surface area contributed by atoms with Crippen LogP contribution in [-0.4, -0.2) is 22.3 Å². The Hall–Kier alpha value is -1.87. The minimum atomic E-state index is -0.926. The first-order valence-corrected chi connectivity index (χ1v) is 7.95. The van der Waals surface area contributed by atoms with Gasteiger partial charge in [0.25, 0.3) is 0 Å². The van der Waals surface area contributed by atoms with E-state index in [-0.39, 0.29) is 16.6 Å². The van der Waals surface area contributed by atoms with Crippen LogP contribution >= 0.6 is 0 Å². The molecule has 0 radical (unpaired) electrons. The maximum absolute atomic E-state index is 10.6. The molecule has 1 saturated heterocycles. The zero-order chi connectivity index (χ0) is 17.3. The van der Waals surface area contributed by atoms with Crippen LogP contribution in [0.3, 0.4) is 0 Å². The average Bonchev–Trinajstić information content (AvgIpc) is 3.03. The van der Waals surface area contributed by atoms with Gasteiger partial charge in [-0.25, -0.2) is 4.79 Å². The Bertz CT molecular complexity index is 646. The number of allylic oxidation sites excluding steroid dienone is 7. The highest BCUT2D eigenvalue weighted by Gasteiger charge is 2.71. The first kappa shape index (κ1) is 17.5. The van der Waals surface area contributed by atoms with E-state index >= 15 is 0 Å². The molecular weight excluding hydrogens is 288 g/mol. The van der Waals surface area contributed by atoms with E-state index in [2.05, 4.69) is 45.1 Å². The maximum atomic E-state index is 10.6. The van der Waals surface area contributed by atoms with Gasteiger partial charge in [0.2, 0.25) is 0 Å². The number of rotatable bonds is 5. The molecule has 3 nitrogen and oxygen atoms in total. The second-order valence-electron chi connectivity index (χ2n) is 7.26. The molecule has 0 spiro atoms. The lowest BCUT2D eigenvalue weighted by Crippen LogP contribution is -2.38. The van der Waals surface area contributed by atoms with Gasteiger partial charge in [0.05, 0.1) is 0 Å². The van der Waals surface area contributed by atoms with E-state index in [0.29, 0.717) is 5.57 Å². The fourth-order valence-electron chi connectivity index (χ4n) is 3.33. The molecule has 23 heavy (non-hydrogen) atoms. The van der Waals surface area contributed by atoms with E-state index in [0.717, 1.165) is 12.0 Å². The molecule has 0 amide bonds. The Morgan fingerprint density at radius 2 is 1.87 bits per heavy atom. The highest BCUT2D eigenvalue weighted by Crippen LogP contribution is 2.63. The second kappa shape index (κ2) is 5.97. The summed E-state index contributed by atoms with van der Waals surface area (Å²) in [6.45, 7) is 10.4. The summed E-state index contributed by atoms with van der Waals surface area (Å²) in [6.07, 6.45) is 16.5. The third-order valence-electron chi connectivity index (χ3n) is 4.79. The smallest absolute Gasteiger partial charge is 0.328 e. The topological polar surface area (TPSA) is 49.8 Å². The van der Waals surface area contributed by atoms with Gasteiger partial charge in [0, 0.05) is 11.5 Å². The number of carboxylic acids is 1. The van der Waals surface area contributed by atoms with E-state index < -0.39 is 5.97 Å². The first-order chi connectivity index (χ1) is 10.6. The van der Waals surface area contributed by atoms with Crippen LogP contribution in [0, 0.1) is 5.41 Å². The molecule has 124 valence electrons. The summed E-state index contributed by atoms with van der Waals surface area (Å²) in [5.74, 6) is -0.926. The molecule has 1 aliphatic heterocycles. The van der Waals surface area contributed by atoms with Gasteiger partial charge in [0.15, 0.2) is 0 Å². The monoisotopic (exact) mass is 314 g/mol. The molecule has 2 rings (SSSR count). The van der Waals surface area contributed by atoms with Crippen molar-refractivity contribution in [2.24, 2.45) is 5.41 Å². The van der Waals surface area contributed by atoms with Crippen molar-refractivity contribution in [3.8, 4) is 0 Å². The van der Waals surface area contributed by atoms with Crippen LogP contribution in [-0.2, 0) is 9.53 Å². The van der Waals surface area contributed by atoms with Crippen molar-refractivity contribution in [1.29, 1.82) is 0 Å². The predicted octanol–water partition coefficient (Wildman–Crippen LogP) is 4.59. The Morgan fingerprint density at radius 3 is 2.48 bits per heavy atom. The van der Waals surface area contributed by atoms with E-state index in [1.54, 1.807) is 13.0 Å². The van der Waals surface area contributed by atoms with Gasteiger partial charge in [-0.2, -0.15) is 0 Å². The number of fused-ring (bicyclic) bond motifs is 1. The van der Waals surface area contributed by atoms with Gasteiger partial charge < -0.3 is 9.84 Å². The van der Waals surface area contributed by atoms with Crippen molar-refractivity contribution >= 4 is 5.97 Å². The Morgan fingerprint density at radius 1 is 1.17 bits per heavy atom. The number of epoxide rings is 1. The molecular formula is C20H26O3. The summed E-state index contributed by atoms with van der Waals surface area (Å²) in [4.78, 5) is 10.6. The largest absolute Gasteiger partial charge is 0.478 e. The van der Waals surface area contributed by atoms with Crippen LogP contribution in [0.1, 0.15) is 41.0 Å². The van der Waals surface area contributed by atoms with E-state index in [4.69, 9.17) is 9.84 Å². The van der Waals surface area contributed by atoms with Gasteiger partial charge >= 0.3 is 5.97 Å². The number of aliphatic carboxylic acids is 1. The molecule has 2 unspecified atom stereocenters. The number of ether oxygens (including phenoxy) is 1. The lowest BCUT2D eigenvalue weighted by molar-refractivity contribution is -0.131. The molecule has 3 heteroatoms. The number of carbonyl (C=O) groups is 1. The quantitative estimate of drug-likeness (QED) is 0.349. The van der Waals surface area contributed by atoms with Gasteiger partial charge in [-0.1, -0.05) is 55.9 Å². The zero-order valence-corrected chi connectivity index (χ0v) is 14.6. The molecule has 0 saturated carbocycles. The number of hydrogen-bond acceptors (Lipinski definition) is 2. The summed E-state index contributed by atoms with van der Waals surface area (Å²) in [7, 11) is 0. The van der Waals surface area contributed by atoms with E-state index in [1.807, 2.05) is 19.1 Å². The van der Waals surface area contributed by atoms with Crippen molar-refractivity contribution < 1.29 is 14.6 Å². The van der Waals surface area contributed by atoms with Crippen LogP contribution in [0.5, 0.6) is 0 Å². The van der Waals surface area contributed by atoms with Crippen LogP contribution < -0.4 is 0 Å². The van der Waals surface area contributed by atoms with Gasteiger partial charge in [-0.15, -0.1) is 0 Å². The second-order valence-corrected chi connectivity index (χ2v) is 7.26. The number of hydrogen-bond donors (Lipinski definition) is 1. The molecule has 0 aromatic rings. The summed E-state index contributed by atoms with van der Waals surface area (Å²) in [6, 6.07) is 0. The molecule has 1 aliphatic carbocycles. The minimum Gasteiger partial charge on any atom is -0.478 e. The molecule has 1 N–H and O–H groups in total. The molecule has 0 aromatic heterocycles. The van der Waals surface area contributed by atoms with Gasteiger partial charge in [-0.3, -0.25) is 0 Å². The lowest BCUT2D eigenvalue weighted by atomic mass is 9.67. The Balaban J connectivity index is 2.09. The molecule has 0 bridgehead atoms. The van der Waals surface area contributed by atoms with Crippen molar-refractivity contribution in [2.75, 3.05) is 0 Å². The highest BCUT2D eigenvalue weighted by molar-refractivity contribution is 5.81. The molecule has 1 fully saturated rings. The van der Waals surface area contributed by atoms with Crippen LogP contribution in [0.15, 0.2) is 59.8 Å². The Kier molecular flexibility index (Phi) is 4.54. The van der Waals surface area contributed by atoms with Gasteiger partial charge in [-0.05, 0) is 38.8 Å². The maximum Gasteiger partial charge on any atom is 0.328 e. The summed E-state index contributed by atoms with van der Waals surface area (Å²) in [5, 5.41) is 8.67.